The van der Waals surface area contributed by atoms with Crippen LogP contribution in [0, 0.1) is 0 Å². The number of ether oxygens (including phenoxy) is 4. The van der Waals surface area contributed by atoms with Crippen molar-refractivity contribution in [3.63, 3.8) is 0 Å². The van der Waals surface area contributed by atoms with Gasteiger partial charge in [0.2, 0.25) is 12.6 Å². The van der Waals surface area contributed by atoms with Gasteiger partial charge in [0.15, 0.2) is 0 Å². The molecule has 2 aliphatic heterocycles. The molecule has 2 saturated heterocycles. The van der Waals surface area contributed by atoms with E-state index in [0.717, 1.165) is 36.8 Å². The monoisotopic (exact) mass is 650 g/mol. The van der Waals surface area contributed by atoms with Gasteiger partial charge in [-0.15, -0.1) is 0 Å². The highest BCUT2D eigenvalue weighted by Crippen LogP contribution is 2.29. The summed E-state index contributed by atoms with van der Waals surface area (Å²) in [6, 6.07) is 14.7. The van der Waals surface area contributed by atoms with E-state index in [-0.39, 0.29) is 12.1 Å². The maximum Gasteiger partial charge on any atom is 0.229 e. The van der Waals surface area contributed by atoms with Gasteiger partial charge in [0.1, 0.15) is 60.3 Å². The lowest BCUT2D eigenvalue weighted by molar-refractivity contribution is -0.277. The fraction of sp³-hybridized carbons (Fsp3) is 0.625. The first-order valence-corrected chi connectivity index (χ1v) is 15.8. The van der Waals surface area contributed by atoms with Gasteiger partial charge in [-0.1, -0.05) is 49.2 Å². The Morgan fingerprint density at radius 2 is 0.957 bits per heavy atom. The molecule has 0 unspecified atom stereocenters. The predicted octanol–water partition coefficient (Wildman–Crippen LogP) is -1.77. The second-order valence-electron chi connectivity index (χ2n) is 12.1. The molecule has 46 heavy (non-hydrogen) atoms. The normalized spacial score (nSPS) is 36.7. The van der Waals surface area contributed by atoms with Crippen molar-refractivity contribution >= 4 is 0 Å². The number of aliphatic hydroxyl groups excluding tert-OH is 8. The third-order valence-electron chi connectivity index (χ3n) is 9.00. The summed E-state index contributed by atoms with van der Waals surface area (Å²) in [5, 5.41) is 87.6. The molecule has 14 nitrogen and oxygen atoms in total. The van der Waals surface area contributed by atoms with Crippen LogP contribution in [0.2, 0.25) is 0 Å². The molecule has 2 aromatic carbocycles. The van der Waals surface area contributed by atoms with Crippen LogP contribution in [0.1, 0.15) is 36.8 Å². The van der Waals surface area contributed by atoms with Crippen LogP contribution in [0.5, 0.6) is 11.5 Å². The van der Waals surface area contributed by atoms with E-state index in [0.29, 0.717) is 24.6 Å². The summed E-state index contributed by atoms with van der Waals surface area (Å²) in [6.45, 7) is -0.219. The quantitative estimate of drug-likeness (QED) is 0.123. The summed E-state index contributed by atoms with van der Waals surface area (Å²) in [5.41, 5.74) is 1.59. The second kappa shape index (κ2) is 16.1. The summed E-state index contributed by atoms with van der Waals surface area (Å²) in [5.74, 6) is 0.859. The van der Waals surface area contributed by atoms with Gasteiger partial charge in [0, 0.05) is 36.3 Å². The molecule has 12 atom stereocenters. The van der Waals surface area contributed by atoms with Gasteiger partial charge in [0.25, 0.3) is 0 Å². The van der Waals surface area contributed by atoms with E-state index in [4.69, 9.17) is 18.9 Å². The number of hydrogen-bond donors (Lipinski definition) is 10. The van der Waals surface area contributed by atoms with Crippen LogP contribution in [0.3, 0.4) is 0 Å². The number of rotatable bonds is 12. The Morgan fingerprint density at radius 3 is 1.35 bits per heavy atom. The van der Waals surface area contributed by atoms with Gasteiger partial charge in [-0.25, -0.2) is 0 Å². The van der Waals surface area contributed by atoms with Gasteiger partial charge in [0.05, 0.1) is 13.2 Å². The van der Waals surface area contributed by atoms with Gasteiger partial charge in [-0.3, -0.25) is 0 Å². The maximum atomic E-state index is 10.4. The fourth-order valence-electron chi connectivity index (χ4n) is 6.21. The lowest BCUT2D eigenvalue weighted by Crippen LogP contribution is -2.60. The molecule has 0 amide bonds. The highest BCUT2D eigenvalue weighted by molar-refractivity contribution is 5.34. The average molecular weight is 651 g/mol. The van der Waals surface area contributed by atoms with E-state index in [2.05, 4.69) is 10.6 Å². The highest BCUT2D eigenvalue weighted by Gasteiger charge is 2.46. The molecule has 5 rings (SSSR count). The zero-order chi connectivity index (χ0) is 32.8. The number of benzene rings is 2. The van der Waals surface area contributed by atoms with E-state index in [1.165, 1.54) is 0 Å². The molecule has 1 saturated carbocycles. The number of hydrogen-bond acceptors (Lipinski definition) is 14. The SMILES string of the molecule is OC[C@H]1O[C@@H](Oc2ccccc2CN[C@@H]2CCCC[C@H]2NCc2ccccc2O[C@@H]2O[C@H](CO)[C@@H](O)[C@H](O)[C@H]2O)[C@H](O)[C@@H](O)[C@@H]1O. The Hall–Kier alpha value is -2.44. The largest absolute Gasteiger partial charge is 0.462 e. The van der Waals surface area contributed by atoms with Crippen molar-refractivity contribution in [2.24, 2.45) is 0 Å². The Morgan fingerprint density at radius 1 is 0.565 bits per heavy atom. The molecule has 0 radical (unpaired) electrons. The minimum Gasteiger partial charge on any atom is -0.462 e. The Balaban J connectivity index is 1.20. The van der Waals surface area contributed by atoms with E-state index in [1.54, 1.807) is 24.3 Å². The van der Waals surface area contributed by atoms with Gasteiger partial charge in [-0.2, -0.15) is 0 Å². The first-order valence-electron chi connectivity index (χ1n) is 15.8. The van der Waals surface area contributed by atoms with Crippen LogP contribution in [-0.2, 0) is 22.6 Å². The smallest absolute Gasteiger partial charge is 0.229 e. The molecule has 14 heteroatoms. The molecule has 256 valence electrons. The maximum absolute atomic E-state index is 10.4. The van der Waals surface area contributed by atoms with Crippen molar-refractivity contribution in [1.82, 2.24) is 10.6 Å². The zero-order valence-electron chi connectivity index (χ0n) is 25.4. The summed E-state index contributed by atoms with van der Waals surface area (Å²) < 4.78 is 22.9. The minimum absolute atomic E-state index is 0.104. The first-order chi connectivity index (χ1) is 22.2. The van der Waals surface area contributed by atoms with Crippen molar-refractivity contribution in [2.45, 2.75) is 112 Å². The molecular formula is C32H46N2O12. The minimum atomic E-state index is -1.54. The van der Waals surface area contributed by atoms with Gasteiger partial charge < -0.3 is 70.4 Å². The number of para-hydroxylation sites is 2. The van der Waals surface area contributed by atoms with E-state index < -0.39 is 74.6 Å². The first kappa shape index (κ1) is 34.9. The van der Waals surface area contributed by atoms with Crippen LogP contribution >= 0.6 is 0 Å². The lowest BCUT2D eigenvalue weighted by atomic mass is 9.90. The molecule has 0 spiro atoms. The topological polar surface area (TPSA) is 223 Å². The van der Waals surface area contributed by atoms with E-state index >= 15 is 0 Å². The predicted molar refractivity (Wildman–Crippen MR) is 161 cm³/mol. The van der Waals surface area contributed by atoms with Crippen LogP contribution in [-0.4, -0.2) is 128 Å². The molecule has 0 bridgehead atoms. The van der Waals surface area contributed by atoms with Gasteiger partial charge >= 0.3 is 0 Å². The third-order valence-corrected chi connectivity index (χ3v) is 9.00. The standard InChI is InChI=1S/C32H46N2O12/c35-15-23-25(37)27(39)29(41)31(45-23)43-21-11-5-1-7-17(21)13-33-19-9-3-4-10-20(19)34-14-18-8-2-6-12-22(18)44-32-30(42)28(40)26(38)24(16-36)46-32/h1-2,5-8,11-12,19-20,23-42H,3-4,9-10,13-16H2/t19-,20-,23-,24-,25-,26-,27+,28+,29-,30-,31-,32-/m1/s1. The van der Waals surface area contributed by atoms with Crippen molar-refractivity contribution in [2.75, 3.05) is 13.2 Å². The summed E-state index contributed by atoms with van der Waals surface area (Å²) in [6.07, 6.45) is -9.82. The van der Waals surface area contributed by atoms with Crippen molar-refractivity contribution in [1.29, 1.82) is 0 Å². The Labute approximate surface area is 267 Å². The zero-order valence-corrected chi connectivity index (χ0v) is 25.4. The van der Waals surface area contributed by atoms with Crippen LogP contribution in [0.15, 0.2) is 48.5 Å². The molecule has 2 heterocycles. The fourth-order valence-corrected chi connectivity index (χ4v) is 6.21. The molecular weight excluding hydrogens is 604 g/mol. The second-order valence-corrected chi connectivity index (χ2v) is 12.1. The molecule has 3 fully saturated rings. The highest BCUT2D eigenvalue weighted by atomic mass is 16.7. The van der Waals surface area contributed by atoms with E-state index in [1.807, 2.05) is 24.3 Å². The van der Waals surface area contributed by atoms with Crippen molar-refractivity contribution in [3.05, 3.63) is 59.7 Å². The summed E-state index contributed by atoms with van der Waals surface area (Å²) >= 11 is 0. The summed E-state index contributed by atoms with van der Waals surface area (Å²) in [7, 11) is 0. The number of aliphatic hydroxyl groups is 8. The summed E-state index contributed by atoms with van der Waals surface area (Å²) in [4.78, 5) is 0. The Kier molecular flexibility index (Phi) is 12.2. The molecule has 2 aromatic rings. The van der Waals surface area contributed by atoms with Gasteiger partial charge in [-0.05, 0) is 25.0 Å². The van der Waals surface area contributed by atoms with Crippen molar-refractivity contribution < 1.29 is 59.8 Å². The average Bonchev–Trinajstić information content (AvgIpc) is 3.08. The molecule has 3 aliphatic rings. The lowest BCUT2D eigenvalue weighted by Gasteiger charge is -2.40. The molecule has 10 N–H and O–H groups in total. The van der Waals surface area contributed by atoms with Crippen LogP contribution < -0.4 is 20.1 Å². The molecule has 0 aromatic heterocycles. The molecule has 1 aliphatic carbocycles. The Bertz CT molecular complexity index is 1140. The van der Waals surface area contributed by atoms with E-state index in [9.17, 15) is 40.9 Å². The van der Waals surface area contributed by atoms with Crippen molar-refractivity contribution in [3.8, 4) is 11.5 Å². The van der Waals surface area contributed by atoms with Crippen LogP contribution in [0.4, 0.5) is 0 Å². The third kappa shape index (κ3) is 7.98. The van der Waals surface area contributed by atoms with Crippen LogP contribution in [0.25, 0.3) is 0 Å². The number of nitrogens with one attached hydrogen (secondary N) is 2.